The van der Waals surface area contributed by atoms with E-state index < -0.39 is 0 Å². The van der Waals surface area contributed by atoms with Crippen molar-refractivity contribution in [3.63, 3.8) is 0 Å². The normalized spacial score (nSPS) is 17.2. The summed E-state index contributed by atoms with van der Waals surface area (Å²) in [5, 5.41) is 8.24. The van der Waals surface area contributed by atoms with Gasteiger partial charge in [-0.05, 0) is 53.6 Å². The summed E-state index contributed by atoms with van der Waals surface area (Å²) in [6.07, 6.45) is 1.77. The summed E-state index contributed by atoms with van der Waals surface area (Å²) in [5.74, 6) is 1.35. The number of amides is 1. The quantitative estimate of drug-likeness (QED) is 0.668. The minimum atomic E-state index is -0.0569. The van der Waals surface area contributed by atoms with Gasteiger partial charge in [0, 0.05) is 30.3 Å². The molecule has 1 amide bonds. The van der Waals surface area contributed by atoms with Crippen molar-refractivity contribution < 1.29 is 9.53 Å². The zero-order valence-electron chi connectivity index (χ0n) is 14.4. The van der Waals surface area contributed by atoms with Crippen molar-refractivity contribution in [3.05, 3.63) is 45.5 Å². The van der Waals surface area contributed by atoms with E-state index in [1.54, 1.807) is 0 Å². The Morgan fingerprint density at radius 2 is 2.04 bits per heavy atom. The molecule has 0 bridgehead atoms. The molecule has 0 aliphatic carbocycles. The molecule has 7 heteroatoms. The molecule has 1 aromatic carbocycles. The lowest BCUT2D eigenvalue weighted by atomic mass is 10.1. The lowest BCUT2D eigenvalue weighted by Crippen LogP contribution is -2.44. The van der Waals surface area contributed by atoms with Gasteiger partial charge < -0.3 is 14.5 Å². The number of hydrogen-bond acceptors (Lipinski definition) is 5. The van der Waals surface area contributed by atoms with E-state index in [4.69, 9.17) is 4.74 Å². The van der Waals surface area contributed by atoms with E-state index in [0.717, 1.165) is 34.3 Å². The highest BCUT2D eigenvalue weighted by atomic mass is 127. The second-order valence-electron chi connectivity index (χ2n) is 6.24. The Morgan fingerprint density at radius 1 is 1.24 bits per heavy atom. The molecule has 25 heavy (non-hydrogen) atoms. The predicted molar refractivity (Wildman–Crippen MR) is 105 cm³/mol. The molecule has 1 aliphatic heterocycles. The van der Waals surface area contributed by atoms with Crippen LogP contribution in [0.4, 0.5) is 5.82 Å². The largest absolute Gasteiger partial charge is 0.471 e. The predicted octanol–water partition coefficient (Wildman–Crippen LogP) is 2.83. The molecule has 1 unspecified atom stereocenters. The Hall–Kier alpha value is -1.90. The summed E-state index contributed by atoms with van der Waals surface area (Å²) in [7, 11) is 3.83. The van der Waals surface area contributed by atoms with Crippen LogP contribution in [0.15, 0.2) is 36.4 Å². The highest BCUT2D eigenvalue weighted by molar-refractivity contribution is 14.1. The van der Waals surface area contributed by atoms with Crippen LogP contribution in [0.5, 0.6) is 5.88 Å². The van der Waals surface area contributed by atoms with Crippen molar-refractivity contribution in [2.24, 2.45) is 0 Å². The summed E-state index contributed by atoms with van der Waals surface area (Å²) in [6.45, 7) is 1.33. The molecule has 0 saturated carbocycles. The molecule has 2 heterocycles. The van der Waals surface area contributed by atoms with E-state index in [-0.39, 0.29) is 12.0 Å². The number of halogens is 1. The molecule has 0 radical (unpaired) electrons. The smallest absolute Gasteiger partial charge is 0.255 e. The number of benzene rings is 1. The Bertz CT molecular complexity index is 736. The maximum atomic E-state index is 12.8. The van der Waals surface area contributed by atoms with E-state index in [1.807, 2.05) is 60.3 Å². The van der Waals surface area contributed by atoms with Crippen molar-refractivity contribution in [2.45, 2.75) is 18.9 Å². The van der Waals surface area contributed by atoms with Gasteiger partial charge in [0.15, 0.2) is 5.82 Å². The number of hydrogen-bond donors (Lipinski definition) is 0. The van der Waals surface area contributed by atoms with E-state index in [1.165, 1.54) is 0 Å². The van der Waals surface area contributed by atoms with Crippen molar-refractivity contribution in [1.82, 2.24) is 15.1 Å². The summed E-state index contributed by atoms with van der Waals surface area (Å²) in [4.78, 5) is 16.5. The van der Waals surface area contributed by atoms with Crippen molar-refractivity contribution in [2.75, 3.05) is 32.1 Å². The number of nitrogens with zero attached hydrogens (tertiary/aromatic N) is 4. The van der Waals surface area contributed by atoms with Gasteiger partial charge in [-0.2, -0.15) is 0 Å². The van der Waals surface area contributed by atoms with Gasteiger partial charge in [0.25, 0.3) is 5.91 Å². The third-order valence-corrected chi connectivity index (χ3v) is 5.08. The number of anilines is 1. The highest BCUT2D eigenvalue weighted by Gasteiger charge is 2.26. The van der Waals surface area contributed by atoms with E-state index in [9.17, 15) is 4.79 Å². The lowest BCUT2D eigenvalue weighted by Gasteiger charge is -2.32. The summed E-state index contributed by atoms with van der Waals surface area (Å²) >= 11 is 2.20. The number of ether oxygens (including phenoxy) is 1. The Morgan fingerprint density at radius 3 is 2.72 bits per heavy atom. The fraction of sp³-hybridized carbons (Fsp3) is 0.389. The third kappa shape index (κ3) is 4.39. The molecule has 2 aromatic rings. The number of carbonyl (C=O) groups is 1. The van der Waals surface area contributed by atoms with E-state index >= 15 is 0 Å². The van der Waals surface area contributed by atoms with Gasteiger partial charge in [0.2, 0.25) is 5.88 Å². The van der Waals surface area contributed by atoms with Gasteiger partial charge in [-0.15, -0.1) is 10.2 Å². The molecular formula is C18H21IN4O2. The molecular weight excluding hydrogens is 431 g/mol. The Kier molecular flexibility index (Phi) is 5.72. The summed E-state index contributed by atoms with van der Waals surface area (Å²) in [6, 6.07) is 11.4. The van der Waals surface area contributed by atoms with Gasteiger partial charge in [-0.25, -0.2) is 0 Å². The van der Waals surface area contributed by atoms with Crippen LogP contribution < -0.4 is 9.64 Å². The average Bonchev–Trinajstić information content (AvgIpc) is 2.62. The van der Waals surface area contributed by atoms with Crippen LogP contribution in [0, 0.1) is 3.57 Å². The molecule has 1 aliphatic rings. The number of rotatable bonds is 4. The SMILES string of the molecule is CN(C)c1ccc(OC2CCCN(C(=O)c3ccccc3I)C2)nn1. The maximum Gasteiger partial charge on any atom is 0.255 e. The van der Waals surface area contributed by atoms with E-state index in [0.29, 0.717) is 12.4 Å². The fourth-order valence-corrected chi connectivity index (χ4v) is 3.43. The van der Waals surface area contributed by atoms with Crippen LogP contribution in [0.1, 0.15) is 23.2 Å². The summed E-state index contributed by atoms with van der Waals surface area (Å²) in [5.41, 5.74) is 0.749. The van der Waals surface area contributed by atoms with Crippen LogP contribution in [0.2, 0.25) is 0 Å². The first-order chi connectivity index (χ1) is 12.0. The van der Waals surface area contributed by atoms with E-state index in [2.05, 4.69) is 32.8 Å². The highest BCUT2D eigenvalue weighted by Crippen LogP contribution is 2.21. The number of piperidine rings is 1. The zero-order chi connectivity index (χ0) is 17.8. The van der Waals surface area contributed by atoms with Crippen LogP contribution in [-0.4, -0.2) is 54.3 Å². The van der Waals surface area contributed by atoms with Crippen molar-refractivity contribution >= 4 is 34.3 Å². The van der Waals surface area contributed by atoms with Crippen molar-refractivity contribution in [1.29, 1.82) is 0 Å². The minimum Gasteiger partial charge on any atom is -0.471 e. The molecule has 132 valence electrons. The minimum absolute atomic E-state index is 0.0569. The molecule has 1 fully saturated rings. The molecule has 0 N–H and O–H groups in total. The number of aromatic nitrogens is 2. The van der Waals surface area contributed by atoms with Gasteiger partial charge in [-0.3, -0.25) is 4.79 Å². The van der Waals surface area contributed by atoms with Crippen LogP contribution in [0.3, 0.4) is 0 Å². The fourth-order valence-electron chi connectivity index (χ4n) is 2.81. The number of carbonyl (C=O) groups excluding carboxylic acids is 1. The Balaban J connectivity index is 1.65. The molecule has 3 rings (SSSR count). The zero-order valence-corrected chi connectivity index (χ0v) is 16.5. The summed E-state index contributed by atoms with van der Waals surface area (Å²) < 4.78 is 6.92. The van der Waals surface area contributed by atoms with Crippen LogP contribution in [-0.2, 0) is 0 Å². The Labute approximate surface area is 161 Å². The molecule has 6 nitrogen and oxygen atoms in total. The molecule has 1 atom stereocenters. The van der Waals surface area contributed by atoms with Gasteiger partial charge in [0.05, 0.1) is 12.1 Å². The molecule has 1 aromatic heterocycles. The monoisotopic (exact) mass is 452 g/mol. The molecule has 0 spiro atoms. The first-order valence-corrected chi connectivity index (χ1v) is 9.34. The number of likely N-dealkylation sites (tertiary alicyclic amines) is 1. The maximum absolute atomic E-state index is 12.8. The van der Waals surface area contributed by atoms with Crippen molar-refractivity contribution in [3.8, 4) is 5.88 Å². The first kappa shape index (κ1) is 17.9. The second kappa shape index (κ2) is 7.99. The van der Waals surface area contributed by atoms with Gasteiger partial charge >= 0.3 is 0 Å². The molecule has 1 saturated heterocycles. The average molecular weight is 452 g/mol. The van der Waals surface area contributed by atoms with Gasteiger partial charge in [0.1, 0.15) is 6.10 Å². The van der Waals surface area contributed by atoms with Crippen LogP contribution >= 0.6 is 22.6 Å². The lowest BCUT2D eigenvalue weighted by molar-refractivity contribution is 0.0524. The first-order valence-electron chi connectivity index (χ1n) is 8.26. The third-order valence-electron chi connectivity index (χ3n) is 4.14. The van der Waals surface area contributed by atoms with Gasteiger partial charge in [-0.1, -0.05) is 12.1 Å². The van der Waals surface area contributed by atoms with Crippen LogP contribution in [0.25, 0.3) is 0 Å². The standard InChI is InChI=1S/C18H21IN4O2/c1-22(2)16-9-10-17(21-20-16)25-13-6-5-11-23(12-13)18(24)14-7-3-4-8-15(14)19/h3-4,7-10,13H,5-6,11-12H2,1-2H3. The second-order valence-corrected chi connectivity index (χ2v) is 7.40. The topological polar surface area (TPSA) is 58.6 Å².